The molecule has 4 rings (SSSR count). The van der Waals surface area contributed by atoms with Crippen LogP contribution in [0.1, 0.15) is 25.7 Å². The smallest absolute Gasteiger partial charge is 0.221 e. The van der Waals surface area contributed by atoms with Gasteiger partial charge in [-0.2, -0.15) is 0 Å². The summed E-state index contributed by atoms with van der Waals surface area (Å²) in [6.45, 7) is 4.98. The minimum atomic E-state index is 0.612. The first kappa shape index (κ1) is 9.02. The SMILES string of the molecule is C1=[N+]2CCCC[N+]3=CN4CCCCN1C4C23. The Morgan fingerprint density at radius 3 is 1.94 bits per heavy atom. The number of hydrogen-bond acceptors (Lipinski definition) is 2. The molecule has 4 aliphatic rings. The van der Waals surface area contributed by atoms with Gasteiger partial charge in [0.25, 0.3) is 0 Å². The van der Waals surface area contributed by atoms with Crippen LogP contribution in [0.2, 0.25) is 0 Å². The molecule has 0 saturated carbocycles. The van der Waals surface area contributed by atoms with Gasteiger partial charge in [-0.3, -0.25) is 0 Å². The third-order valence-electron chi connectivity index (χ3n) is 4.38. The number of hydrogen-bond donors (Lipinski definition) is 0. The van der Waals surface area contributed by atoms with Crippen molar-refractivity contribution in [3.05, 3.63) is 0 Å². The Labute approximate surface area is 96.5 Å². The highest BCUT2D eigenvalue weighted by Crippen LogP contribution is 2.27. The van der Waals surface area contributed by atoms with E-state index in [9.17, 15) is 0 Å². The van der Waals surface area contributed by atoms with Crippen molar-refractivity contribution in [2.45, 2.75) is 38.0 Å². The third-order valence-corrected chi connectivity index (χ3v) is 4.38. The van der Waals surface area contributed by atoms with Crippen LogP contribution in [0.25, 0.3) is 0 Å². The van der Waals surface area contributed by atoms with Gasteiger partial charge in [0.15, 0.2) is 0 Å². The quantitative estimate of drug-likeness (QED) is 0.530. The summed E-state index contributed by atoms with van der Waals surface area (Å²) >= 11 is 0. The molecule has 0 radical (unpaired) electrons. The Kier molecular flexibility index (Phi) is 1.81. The zero-order valence-electron chi connectivity index (χ0n) is 9.76. The first-order valence-electron chi connectivity index (χ1n) is 6.66. The highest BCUT2D eigenvalue weighted by Gasteiger charge is 2.57. The first-order chi connectivity index (χ1) is 7.93. The van der Waals surface area contributed by atoms with Gasteiger partial charge in [0.2, 0.25) is 12.7 Å². The van der Waals surface area contributed by atoms with Crippen molar-refractivity contribution in [3.8, 4) is 0 Å². The average molecular weight is 220 g/mol. The lowest BCUT2D eigenvalue weighted by molar-refractivity contribution is -0.757. The van der Waals surface area contributed by atoms with Crippen molar-refractivity contribution in [1.82, 2.24) is 9.80 Å². The minimum Gasteiger partial charge on any atom is -0.221 e. The fourth-order valence-electron chi connectivity index (χ4n) is 3.66. The van der Waals surface area contributed by atoms with Gasteiger partial charge in [0.1, 0.15) is 0 Å². The molecule has 4 nitrogen and oxygen atoms in total. The van der Waals surface area contributed by atoms with Crippen LogP contribution in [-0.2, 0) is 0 Å². The van der Waals surface area contributed by atoms with Gasteiger partial charge < -0.3 is 0 Å². The zero-order chi connectivity index (χ0) is 10.5. The summed E-state index contributed by atoms with van der Waals surface area (Å²) in [6, 6.07) is 0. The maximum atomic E-state index is 2.57. The van der Waals surface area contributed by atoms with Crippen molar-refractivity contribution in [3.63, 3.8) is 0 Å². The highest BCUT2D eigenvalue weighted by molar-refractivity contribution is 5.58. The standard InChI is InChI=1S/C12H20N4/c1-2-6-14-10-16-8-4-3-7-15-9-13(5-1)11(14)12(15)16/h9-12H,1-8H2/q+2. The van der Waals surface area contributed by atoms with Crippen LogP contribution in [-0.4, -0.2) is 70.1 Å². The Morgan fingerprint density at radius 2 is 1.38 bits per heavy atom. The van der Waals surface area contributed by atoms with Crippen molar-refractivity contribution in [2.24, 2.45) is 0 Å². The number of nitrogens with zero attached hydrogens (tertiary/aromatic N) is 4. The molecule has 0 amide bonds. The van der Waals surface area contributed by atoms with Gasteiger partial charge in [0, 0.05) is 0 Å². The first-order valence-corrected chi connectivity index (χ1v) is 6.66. The van der Waals surface area contributed by atoms with E-state index in [-0.39, 0.29) is 0 Å². The molecule has 0 bridgehead atoms. The minimum absolute atomic E-state index is 0.612. The van der Waals surface area contributed by atoms with Crippen molar-refractivity contribution in [1.29, 1.82) is 0 Å². The second-order valence-electron chi connectivity index (χ2n) is 5.42. The normalized spacial score (nSPS) is 36.5. The monoisotopic (exact) mass is 220 g/mol. The fraction of sp³-hybridized carbons (Fsp3) is 0.833. The molecule has 0 atom stereocenters. The summed E-state index contributed by atoms with van der Waals surface area (Å²) in [5.41, 5.74) is 0. The van der Waals surface area contributed by atoms with Crippen LogP contribution in [0.5, 0.6) is 0 Å². The Morgan fingerprint density at radius 1 is 0.812 bits per heavy atom. The molecule has 4 aliphatic heterocycles. The molecule has 0 aromatic carbocycles. The van der Waals surface area contributed by atoms with Crippen LogP contribution < -0.4 is 0 Å². The molecule has 4 heteroatoms. The van der Waals surface area contributed by atoms with E-state index >= 15 is 0 Å². The van der Waals surface area contributed by atoms with Crippen LogP contribution in [0, 0.1) is 0 Å². The van der Waals surface area contributed by atoms with Crippen molar-refractivity contribution >= 4 is 12.7 Å². The van der Waals surface area contributed by atoms with Gasteiger partial charge in [-0.25, -0.2) is 19.0 Å². The van der Waals surface area contributed by atoms with E-state index in [0.29, 0.717) is 12.3 Å². The highest BCUT2D eigenvalue weighted by atomic mass is 15.5. The molecular weight excluding hydrogens is 200 g/mol. The summed E-state index contributed by atoms with van der Waals surface area (Å²) in [6.07, 6.45) is 11.4. The predicted molar refractivity (Wildman–Crippen MR) is 61.8 cm³/mol. The molecule has 2 fully saturated rings. The fourth-order valence-corrected chi connectivity index (χ4v) is 3.66. The molecule has 16 heavy (non-hydrogen) atoms. The van der Waals surface area contributed by atoms with E-state index in [2.05, 4.69) is 31.6 Å². The maximum Gasteiger partial charge on any atom is 0.315 e. The van der Waals surface area contributed by atoms with Crippen LogP contribution in [0.15, 0.2) is 0 Å². The summed E-state index contributed by atoms with van der Waals surface area (Å²) < 4.78 is 5.14. The van der Waals surface area contributed by atoms with Gasteiger partial charge in [-0.1, -0.05) is 0 Å². The van der Waals surface area contributed by atoms with E-state index in [1.165, 1.54) is 51.9 Å². The molecule has 0 aromatic rings. The van der Waals surface area contributed by atoms with E-state index in [1.807, 2.05) is 0 Å². The van der Waals surface area contributed by atoms with Gasteiger partial charge in [0.05, 0.1) is 26.2 Å². The third kappa shape index (κ3) is 1.10. The zero-order valence-corrected chi connectivity index (χ0v) is 9.76. The molecule has 0 aromatic heterocycles. The topological polar surface area (TPSA) is 12.5 Å². The average Bonchev–Trinajstić information content (AvgIpc) is 2.65. The molecule has 0 unspecified atom stereocenters. The van der Waals surface area contributed by atoms with E-state index < -0.39 is 0 Å². The molecule has 0 N–H and O–H groups in total. The lowest BCUT2D eigenvalue weighted by atomic mass is 10.3. The van der Waals surface area contributed by atoms with E-state index in [1.54, 1.807) is 0 Å². The lowest BCUT2D eigenvalue weighted by Gasteiger charge is -2.16. The van der Waals surface area contributed by atoms with Crippen LogP contribution >= 0.6 is 0 Å². The van der Waals surface area contributed by atoms with Crippen LogP contribution in [0.4, 0.5) is 0 Å². The summed E-state index contributed by atoms with van der Waals surface area (Å²) in [7, 11) is 0. The Bertz CT molecular complexity index is 339. The van der Waals surface area contributed by atoms with Crippen molar-refractivity contribution < 1.29 is 9.15 Å². The van der Waals surface area contributed by atoms with Gasteiger partial charge in [-0.15, -0.1) is 0 Å². The molecule has 0 spiro atoms. The van der Waals surface area contributed by atoms with Gasteiger partial charge >= 0.3 is 12.3 Å². The Balaban J connectivity index is 1.78. The Hall–Kier alpha value is -1.06. The summed E-state index contributed by atoms with van der Waals surface area (Å²) in [5.74, 6) is 0. The predicted octanol–water partition coefficient (Wildman–Crippen LogP) is -0.0610. The summed E-state index contributed by atoms with van der Waals surface area (Å²) in [5, 5.41) is 0. The molecule has 4 heterocycles. The second-order valence-corrected chi connectivity index (χ2v) is 5.42. The van der Waals surface area contributed by atoms with E-state index in [4.69, 9.17) is 0 Å². The van der Waals surface area contributed by atoms with Crippen LogP contribution in [0.3, 0.4) is 0 Å². The molecular formula is C12H20N4+2. The summed E-state index contributed by atoms with van der Waals surface area (Å²) in [4.78, 5) is 5.14. The van der Waals surface area contributed by atoms with Gasteiger partial charge in [-0.05, 0) is 25.7 Å². The maximum absolute atomic E-state index is 2.57. The molecule has 0 aliphatic carbocycles. The van der Waals surface area contributed by atoms with E-state index in [0.717, 1.165) is 0 Å². The largest absolute Gasteiger partial charge is 0.315 e. The second kappa shape index (κ2) is 3.22. The molecule has 86 valence electrons. The van der Waals surface area contributed by atoms with Crippen molar-refractivity contribution in [2.75, 3.05) is 26.2 Å². The lowest BCUT2D eigenvalue weighted by Crippen LogP contribution is -2.47. The number of rotatable bonds is 0. The molecule has 2 saturated heterocycles.